The molecular weight excluding hydrogens is 212 g/mol. The summed E-state index contributed by atoms with van der Waals surface area (Å²) in [5.74, 6) is 1.59. The standard InChI is InChI=1S/C15H28O2/c1-16-11-14-8-5-9-15(10-14)17-12-13-6-3-2-4-7-13/h13-15H,2-12H2,1H3. The summed E-state index contributed by atoms with van der Waals surface area (Å²) in [4.78, 5) is 0. The lowest BCUT2D eigenvalue weighted by Crippen LogP contribution is -2.27. The van der Waals surface area contributed by atoms with Gasteiger partial charge in [0.1, 0.15) is 0 Å². The fraction of sp³-hybridized carbons (Fsp3) is 1.00. The molecule has 0 bridgehead atoms. The molecule has 2 atom stereocenters. The van der Waals surface area contributed by atoms with Crippen LogP contribution >= 0.6 is 0 Å². The summed E-state index contributed by atoms with van der Waals surface area (Å²) in [6.45, 7) is 1.94. The second-order valence-corrected chi connectivity index (χ2v) is 5.95. The Morgan fingerprint density at radius 3 is 2.35 bits per heavy atom. The van der Waals surface area contributed by atoms with E-state index in [1.54, 1.807) is 0 Å². The van der Waals surface area contributed by atoms with Crippen molar-refractivity contribution in [3.8, 4) is 0 Å². The summed E-state index contributed by atoms with van der Waals surface area (Å²) in [5, 5.41) is 0. The predicted molar refractivity (Wildman–Crippen MR) is 70.1 cm³/mol. The van der Waals surface area contributed by atoms with Crippen molar-refractivity contribution in [2.45, 2.75) is 63.9 Å². The van der Waals surface area contributed by atoms with E-state index in [0.717, 1.165) is 25.0 Å². The molecule has 2 unspecified atom stereocenters. The molecule has 2 fully saturated rings. The Hall–Kier alpha value is -0.0800. The van der Waals surface area contributed by atoms with E-state index in [1.165, 1.54) is 57.8 Å². The van der Waals surface area contributed by atoms with Crippen LogP contribution in [0, 0.1) is 11.8 Å². The van der Waals surface area contributed by atoms with Crippen LogP contribution in [0.15, 0.2) is 0 Å². The molecule has 2 heteroatoms. The van der Waals surface area contributed by atoms with Gasteiger partial charge in [0, 0.05) is 20.3 Å². The van der Waals surface area contributed by atoms with E-state index in [2.05, 4.69) is 0 Å². The van der Waals surface area contributed by atoms with Crippen molar-refractivity contribution in [2.75, 3.05) is 20.3 Å². The number of hydrogen-bond donors (Lipinski definition) is 0. The van der Waals surface area contributed by atoms with Gasteiger partial charge in [-0.1, -0.05) is 25.7 Å². The number of rotatable bonds is 5. The first kappa shape index (κ1) is 13.4. The van der Waals surface area contributed by atoms with Gasteiger partial charge in [-0.3, -0.25) is 0 Å². The van der Waals surface area contributed by atoms with Crippen molar-refractivity contribution in [3.63, 3.8) is 0 Å². The molecule has 0 amide bonds. The van der Waals surface area contributed by atoms with Crippen molar-refractivity contribution in [1.82, 2.24) is 0 Å². The third kappa shape index (κ3) is 4.59. The molecular formula is C15H28O2. The molecule has 0 aromatic carbocycles. The molecule has 2 nitrogen and oxygen atoms in total. The Morgan fingerprint density at radius 1 is 0.824 bits per heavy atom. The maximum Gasteiger partial charge on any atom is 0.0578 e. The van der Waals surface area contributed by atoms with Gasteiger partial charge >= 0.3 is 0 Å². The minimum Gasteiger partial charge on any atom is -0.384 e. The van der Waals surface area contributed by atoms with E-state index in [0.29, 0.717) is 6.10 Å². The summed E-state index contributed by atoms with van der Waals surface area (Å²) in [6, 6.07) is 0. The highest BCUT2D eigenvalue weighted by molar-refractivity contribution is 4.74. The Kier molecular flexibility index (Phi) is 5.79. The monoisotopic (exact) mass is 240 g/mol. The Labute approximate surface area is 106 Å². The number of methoxy groups -OCH3 is 1. The second-order valence-electron chi connectivity index (χ2n) is 5.95. The third-order valence-corrected chi connectivity index (χ3v) is 4.43. The van der Waals surface area contributed by atoms with Gasteiger partial charge in [0.2, 0.25) is 0 Å². The molecule has 0 spiro atoms. The zero-order chi connectivity index (χ0) is 11.9. The van der Waals surface area contributed by atoms with Crippen LogP contribution in [-0.4, -0.2) is 26.4 Å². The molecule has 100 valence electrons. The van der Waals surface area contributed by atoms with Crippen molar-refractivity contribution in [1.29, 1.82) is 0 Å². The average Bonchev–Trinajstić information content (AvgIpc) is 2.39. The topological polar surface area (TPSA) is 18.5 Å². The second kappa shape index (κ2) is 7.38. The molecule has 2 aliphatic rings. The average molecular weight is 240 g/mol. The molecule has 2 saturated carbocycles. The summed E-state index contributed by atoms with van der Waals surface area (Å²) >= 11 is 0. The highest BCUT2D eigenvalue weighted by atomic mass is 16.5. The highest BCUT2D eigenvalue weighted by Crippen LogP contribution is 2.29. The molecule has 2 aliphatic carbocycles. The molecule has 0 aromatic rings. The van der Waals surface area contributed by atoms with Crippen LogP contribution in [0.4, 0.5) is 0 Å². The Balaban J connectivity index is 1.64. The molecule has 0 saturated heterocycles. The minimum atomic E-state index is 0.519. The number of ether oxygens (including phenoxy) is 2. The molecule has 0 N–H and O–H groups in total. The van der Waals surface area contributed by atoms with Crippen LogP contribution in [0.3, 0.4) is 0 Å². The molecule has 0 aliphatic heterocycles. The summed E-state index contributed by atoms with van der Waals surface area (Å²) in [7, 11) is 1.81. The highest BCUT2D eigenvalue weighted by Gasteiger charge is 2.23. The van der Waals surface area contributed by atoms with Crippen molar-refractivity contribution < 1.29 is 9.47 Å². The molecule has 0 aromatic heterocycles. The summed E-state index contributed by atoms with van der Waals surface area (Å²) in [5.41, 5.74) is 0. The lowest BCUT2D eigenvalue weighted by Gasteiger charge is -2.30. The van der Waals surface area contributed by atoms with Crippen molar-refractivity contribution >= 4 is 0 Å². The van der Waals surface area contributed by atoms with Crippen molar-refractivity contribution in [2.24, 2.45) is 11.8 Å². The zero-order valence-electron chi connectivity index (χ0n) is 11.3. The minimum absolute atomic E-state index is 0.519. The van der Waals surface area contributed by atoms with Gasteiger partial charge in [0.05, 0.1) is 6.10 Å². The third-order valence-electron chi connectivity index (χ3n) is 4.43. The van der Waals surface area contributed by atoms with E-state index in [1.807, 2.05) is 7.11 Å². The van der Waals surface area contributed by atoms with Crippen LogP contribution in [0.2, 0.25) is 0 Å². The van der Waals surface area contributed by atoms with Crippen LogP contribution in [0.1, 0.15) is 57.8 Å². The van der Waals surface area contributed by atoms with Crippen LogP contribution < -0.4 is 0 Å². The molecule has 2 rings (SSSR count). The lowest BCUT2D eigenvalue weighted by atomic mass is 9.87. The quantitative estimate of drug-likeness (QED) is 0.728. The fourth-order valence-electron chi connectivity index (χ4n) is 3.41. The van der Waals surface area contributed by atoms with E-state index in [-0.39, 0.29) is 0 Å². The normalized spacial score (nSPS) is 31.6. The van der Waals surface area contributed by atoms with E-state index in [9.17, 15) is 0 Å². The van der Waals surface area contributed by atoms with E-state index < -0.39 is 0 Å². The molecule has 0 radical (unpaired) electrons. The maximum atomic E-state index is 6.14. The summed E-state index contributed by atoms with van der Waals surface area (Å²) in [6.07, 6.45) is 12.7. The first-order chi connectivity index (χ1) is 8.38. The van der Waals surface area contributed by atoms with Crippen molar-refractivity contribution in [3.05, 3.63) is 0 Å². The zero-order valence-corrected chi connectivity index (χ0v) is 11.3. The van der Waals surface area contributed by atoms with E-state index in [4.69, 9.17) is 9.47 Å². The van der Waals surface area contributed by atoms with Crippen LogP contribution in [-0.2, 0) is 9.47 Å². The first-order valence-corrected chi connectivity index (χ1v) is 7.49. The lowest BCUT2D eigenvalue weighted by molar-refractivity contribution is -0.0209. The van der Waals surface area contributed by atoms with Crippen LogP contribution in [0.5, 0.6) is 0 Å². The Bertz CT molecular complexity index is 197. The van der Waals surface area contributed by atoms with Gasteiger partial charge in [0.25, 0.3) is 0 Å². The molecule has 17 heavy (non-hydrogen) atoms. The van der Waals surface area contributed by atoms with Gasteiger partial charge in [-0.25, -0.2) is 0 Å². The SMILES string of the molecule is COCC1CCCC(OCC2CCCCC2)C1. The fourth-order valence-corrected chi connectivity index (χ4v) is 3.41. The van der Waals surface area contributed by atoms with Crippen LogP contribution in [0.25, 0.3) is 0 Å². The van der Waals surface area contributed by atoms with Gasteiger partial charge < -0.3 is 9.47 Å². The van der Waals surface area contributed by atoms with Gasteiger partial charge in [0.15, 0.2) is 0 Å². The maximum absolute atomic E-state index is 6.14. The Morgan fingerprint density at radius 2 is 1.59 bits per heavy atom. The summed E-state index contributed by atoms with van der Waals surface area (Å²) < 4.78 is 11.4. The smallest absolute Gasteiger partial charge is 0.0578 e. The number of hydrogen-bond acceptors (Lipinski definition) is 2. The molecule has 0 heterocycles. The van der Waals surface area contributed by atoms with E-state index >= 15 is 0 Å². The van der Waals surface area contributed by atoms with Gasteiger partial charge in [-0.15, -0.1) is 0 Å². The first-order valence-electron chi connectivity index (χ1n) is 7.49. The predicted octanol–water partition coefficient (Wildman–Crippen LogP) is 3.79. The van der Waals surface area contributed by atoms with Gasteiger partial charge in [-0.2, -0.15) is 0 Å². The largest absolute Gasteiger partial charge is 0.384 e. The van der Waals surface area contributed by atoms with Gasteiger partial charge in [-0.05, 0) is 43.9 Å².